The molecule has 6 atom stereocenters. The van der Waals surface area contributed by atoms with Gasteiger partial charge in [0, 0.05) is 14.0 Å². The summed E-state index contributed by atoms with van der Waals surface area (Å²) < 4.78 is 26.8. The predicted octanol–water partition coefficient (Wildman–Crippen LogP) is -0.821. The van der Waals surface area contributed by atoms with Gasteiger partial charge in [0.15, 0.2) is 0 Å². The van der Waals surface area contributed by atoms with E-state index in [0.29, 0.717) is 0 Å². The molecule has 0 aromatic heterocycles. The van der Waals surface area contributed by atoms with E-state index in [1.54, 1.807) is 0 Å². The van der Waals surface area contributed by atoms with E-state index in [4.69, 9.17) is 14.0 Å². The Hall–Kier alpha value is 0.190. The zero-order valence-corrected chi connectivity index (χ0v) is 14.6. The van der Waals surface area contributed by atoms with E-state index in [1.165, 1.54) is 36.1 Å². The van der Waals surface area contributed by atoms with E-state index in [0.717, 1.165) is 0 Å². The molecule has 1 fully saturated rings. The lowest BCUT2D eigenvalue weighted by Crippen LogP contribution is -2.65. The highest BCUT2D eigenvalue weighted by molar-refractivity contribution is 14.2. The second-order valence-corrected chi connectivity index (χ2v) is 9.36. The predicted molar refractivity (Wildman–Crippen MR) is 80.0 cm³/mol. The molecule has 1 amide bonds. The van der Waals surface area contributed by atoms with Crippen LogP contribution in [0.3, 0.4) is 0 Å². The summed E-state index contributed by atoms with van der Waals surface area (Å²) in [6, 6.07) is -0.891. The van der Waals surface area contributed by atoms with Crippen molar-refractivity contribution >= 4 is 33.2 Å². The van der Waals surface area contributed by atoms with Crippen molar-refractivity contribution in [3.63, 3.8) is 0 Å². The van der Waals surface area contributed by atoms with Gasteiger partial charge in [0.25, 0.3) is 0 Å². The lowest BCUT2D eigenvalue weighted by atomic mass is 9.93. The largest absolute Gasteiger partial charge is 0.394 e. The molecule has 9 nitrogen and oxygen atoms in total. The monoisotopic (exact) mass is 439 g/mol. The highest BCUT2D eigenvalue weighted by Crippen LogP contribution is 2.53. The van der Waals surface area contributed by atoms with Crippen molar-refractivity contribution in [2.75, 3.05) is 20.3 Å². The number of halogens is 1. The molecule has 1 saturated heterocycles. The van der Waals surface area contributed by atoms with E-state index in [9.17, 15) is 24.5 Å². The number of ether oxygens (including phenoxy) is 2. The Balaban J connectivity index is 2.98. The average Bonchev–Trinajstić information content (AvgIpc) is 2.35. The van der Waals surface area contributed by atoms with Gasteiger partial charge in [-0.25, -0.2) is 4.57 Å². The van der Waals surface area contributed by atoms with Crippen molar-refractivity contribution < 1.29 is 38.5 Å². The van der Waals surface area contributed by atoms with Gasteiger partial charge in [0.1, 0.15) is 24.4 Å². The molecule has 21 heavy (non-hydrogen) atoms. The molecular weight excluding hydrogens is 420 g/mol. The van der Waals surface area contributed by atoms with Crippen LogP contribution < -0.4 is 5.32 Å². The first-order valence-electron chi connectivity index (χ1n) is 6.11. The van der Waals surface area contributed by atoms with Crippen molar-refractivity contribution in [2.45, 2.75) is 37.4 Å². The fourth-order valence-electron chi connectivity index (χ4n) is 2.18. The van der Waals surface area contributed by atoms with E-state index in [1.807, 2.05) is 0 Å². The van der Waals surface area contributed by atoms with Crippen LogP contribution in [0.2, 0.25) is 0 Å². The Morgan fingerprint density at radius 1 is 1.48 bits per heavy atom. The van der Waals surface area contributed by atoms with Gasteiger partial charge in [-0.1, -0.05) is 0 Å². The number of hydrogen-bond donors (Lipinski definition) is 4. The van der Waals surface area contributed by atoms with Gasteiger partial charge >= 0.3 is 5.24 Å². The van der Waals surface area contributed by atoms with Crippen molar-refractivity contribution in [1.82, 2.24) is 5.32 Å². The van der Waals surface area contributed by atoms with Crippen molar-refractivity contribution in [2.24, 2.45) is 0 Å². The molecule has 4 N–H and O–H groups in total. The molecule has 11 heteroatoms. The van der Waals surface area contributed by atoms with Gasteiger partial charge in [0.2, 0.25) is 5.91 Å². The summed E-state index contributed by atoms with van der Waals surface area (Å²) in [5, 5.41) is 18.2. The van der Waals surface area contributed by atoms with Crippen LogP contribution in [0.4, 0.5) is 0 Å². The Morgan fingerprint density at radius 2 is 2.10 bits per heavy atom. The van der Waals surface area contributed by atoms with Crippen LogP contribution >= 0.6 is 27.3 Å². The maximum Gasteiger partial charge on any atom is 0.386 e. The lowest BCUT2D eigenvalue weighted by Gasteiger charge is -2.44. The third-order valence-corrected chi connectivity index (χ3v) is 4.14. The van der Waals surface area contributed by atoms with Crippen LogP contribution in [-0.4, -0.2) is 71.8 Å². The zero-order chi connectivity index (χ0) is 16.2. The summed E-state index contributed by atoms with van der Waals surface area (Å²) in [6.07, 6.45) is -4.33. The van der Waals surface area contributed by atoms with Gasteiger partial charge in [-0.2, -0.15) is 0 Å². The molecule has 0 spiro atoms. The quantitative estimate of drug-likeness (QED) is 0.312. The molecule has 0 aromatic carbocycles. The summed E-state index contributed by atoms with van der Waals surface area (Å²) in [4.78, 5) is 20.5. The second kappa shape index (κ2) is 8.16. The van der Waals surface area contributed by atoms with Crippen LogP contribution in [0.15, 0.2) is 0 Å². The maximum absolute atomic E-state index is 11.4. The van der Waals surface area contributed by atoms with E-state index in [-0.39, 0.29) is 6.61 Å². The van der Waals surface area contributed by atoms with Crippen LogP contribution in [0.5, 0.6) is 0 Å². The Bertz CT molecular complexity index is 405. The van der Waals surface area contributed by atoms with E-state index < -0.39 is 48.2 Å². The minimum Gasteiger partial charge on any atom is -0.394 e. The number of carbonyl (C=O) groups is 1. The fourth-order valence-corrected chi connectivity index (χ4v) is 3.53. The standard InChI is InChI=1S/C10H19INO8P/c1-5(14)12-8-7(4-18-2)19-6(3-13)10(9(8)15)20-21(11,16)17/h6-10,13,15H,3-4H2,1-2H3,(H,12,14)(H,16,17)/t6?,7?,8?,9?,10-/m1/s1. The number of aliphatic hydroxyl groups excluding tert-OH is 2. The molecule has 5 unspecified atom stereocenters. The molecule has 1 aliphatic rings. The number of amides is 1. The van der Waals surface area contributed by atoms with Gasteiger partial charge in [-0.05, 0) is 0 Å². The maximum atomic E-state index is 11.4. The molecule has 124 valence electrons. The number of nitrogens with one attached hydrogen (secondary N) is 1. The molecule has 0 aromatic rings. The first-order valence-corrected chi connectivity index (χ1v) is 10.5. The number of carbonyl (C=O) groups excluding carboxylic acids is 1. The Labute approximate surface area is 135 Å². The highest BCUT2D eigenvalue weighted by Gasteiger charge is 2.48. The fraction of sp³-hybridized carbons (Fsp3) is 0.900. The Kier molecular flexibility index (Phi) is 7.47. The number of hydrogen-bond acceptors (Lipinski definition) is 7. The van der Waals surface area contributed by atoms with Crippen LogP contribution in [0.25, 0.3) is 0 Å². The van der Waals surface area contributed by atoms with Gasteiger partial charge < -0.3 is 29.9 Å². The van der Waals surface area contributed by atoms with Crippen LogP contribution in [-0.2, 0) is 23.4 Å². The third kappa shape index (κ3) is 5.71. The molecule has 0 bridgehead atoms. The summed E-state index contributed by atoms with van der Waals surface area (Å²) in [5.74, 6) is -0.411. The van der Waals surface area contributed by atoms with Crippen molar-refractivity contribution in [3.8, 4) is 0 Å². The van der Waals surface area contributed by atoms with Gasteiger partial charge in [-0.3, -0.25) is 9.32 Å². The summed E-state index contributed by atoms with van der Waals surface area (Å²) in [6.45, 7) is 0.803. The molecule has 1 aliphatic heterocycles. The number of aliphatic hydroxyl groups is 2. The first kappa shape index (κ1) is 19.2. The lowest BCUT2D eigenvalue weighted by molar-refractivity contribution is -0.197. The summed E-state index contributed by atoms with van der Waals surface area (Å²) in [7, 11) is 1.42. The van der Waals surface area contributed by atoms with Gasteiger partial charge in [-0.15, -0.1) is 0 Å². The molecule has 0 saturated carbocycles. The normalized spacial score (nSPS) is 36.0. The Morgan fingerprint density at radius 3 is 2.52 bits per heavy atom. The highest BCUT2D eigenvalue weighted by atomic mass is 127. The average molecular weight is 439 g/mol. The minimum absolute atomic E-state index is 0.0618. The smallest absolute Gasteiger partial charge is 0.386 e. The molecule has 1 heterocycles. The zero-order valence-electron chi connectivity index (χ0n) is 11.5. The first-order chi connectivity index (χ1) is 9.69. The number of rotatable bonds is 6. The topological polar surface area (TPSA) is 135 Å². The van der Waals surface area contributed by atoms with E-state index >= 15 is 0 Å². The van der Waals surface area contributed by atoms with E-state index in [2.05, 4.69) is 5.32 Å². The molecule has 0 radical (unpaired) electrons. The van der Waals surface area contributed by atoms with Crippen molar-refractivity contribution in [3.05, 3.63) is 0 Å². The third-order valence-electron chi connectivity index (χ3n) is 2.95. The minimum atomic E-state index is -3.94. The van der Waals surface area contributed by atoms with Gasteiger partial charge in [0.05, 0.1) is 41.3 Å². The van der Waals surface area contributed by atoms with Crippen molar-refractivity contribution in [1.29, 1.82) is 0 Å². The SMILES string of the molecule is COCC1OC(CO)[C@@H](OP(=O)(O)I)C(O)C1NC(C)=O. The summed E-state index contributed by atoms with van der Waals surface area (Å²) in [5.41, 5.74) is 0. The van der Waals surface area contributed by atoms with Crippen LogP contribution in [0, 0.1) is 0 Å². The second-order valence-electron chi connectivity index (χ2n) is 4.59. The van der Waals surface area contributed by atoms with Crippen LogP contribution in [0.1, 0.15) is 6.92 Å². The number of methoxy groups -OCH3 is 1. The molecule has 1 rings (SSSR count). The molecule has 0 aliphatic carbocycles. The molecular formula is C10H19INO8P. The summed E-state index contributed by atoms with van der Waals surface area (Å²) >= 11 is 1.20.